The molecular weight excluding hydrogens is 356 g/mol. The zero-order chi connectivity index (χ0) is 20.7. The van der Waals surface area contributed by atoms with Crippen LogP contribution in [0.15, 0.2) is 18.2 Å². The zero-order valence-corrected chi connectivity index (χ0v) is 15.7. The van der Waals surface area contributed by atoms with Crippen molar-refractivity contribution in [3.8, 4) is 5.75 Å². The van der Waals surface area contributed by atoms with E-state index in [9.17, 15) is 24.3 Å². The molecule has 0 aromatic heterocycles. The second kappa shape index (κ2) is 9.56. The van der Waals surface area contributed by atoms with Gasteiger partial charge in [-0.3, -0.25) is 19.3 Å². The Morgan fingerprint density at radius 3 is 2.33 bits per heavy atom. The van der Waals surface area contributed by atoms with Gasteiger partial charge >= 0.3 is 11.9 Å². The van der Waals surface area contributed by atoms with Crippen molar-refractivity contribution in [3.63, 3.8) is 0 Å². The van der Waals surface area contributed by atoms with Crippen molar-refractivity contribution in [2.45, 2.75) is 33.7 Å². The van der Waals surface area contributed by atoms with Gasteiger partial charge in [0.25, 0.3) is 0 Å². The Kier molecular flexibility index (Phi) is 7.77. The summed E-state index contributed by atoms with van der Waals surface area (Å²) in [5.74, 6) is -3.79. The van der Waals surface area contributed by atoms with Crippen molar-refractivity contribution >= 4 is 29.4 Å². The van der Waals surface area contributed by atoms with Gasteiger partial charge in [-0.15, -0.1) is 0 Å². The number of aliphatic carboxylic acids is 1. The molecule has 0 spiro atoms. The molecule has 148 valence electrons. The first-order valence-electron chi connectivity index (χ1n) is 8.39. The Balaban J connectivity index is 3.34. The molecule has 1 atom stereocenters. The van der Waals surface area contributed by atoms with Crippen LogP contribution in [0.5, 0.6) is 5.75 Å². The molecule has 0 bridgehead atoms. The van der Waals surface area contributed by atoms with E-state index in [4.69, 9.17) is 9.84 Å². The summed E-state index contributed by atoms with van der Waals surface area (Å²) < 4.78 is 4.88. The highest BCUT2D eigenvalue weighted by Gasteiger charge is 2.33. The largest absolute Gasteiger partial charge is 0.507 e. The molecule has 27 heavy (non-hydrogen) atoms. The SMILES string of the molecule is CCOC(=O)c1cc(N(C(C)=O)C(C(=O)NCC(=O)O)C(C)C)ccc1O. The van der Waals surface area contributed by atoms with Crippen LogP contribution in [0.1, 0.15) is 38.1 Å². The van der Waals surface area contributed by atoms with Crippen LogP contribution in [0.2, 0.25) is 0 Å². The molecule has 0 fully saturated rings. The van der Waals surface area contributed by atoms with Crippen molar-refractivity contribution in [1.29, 1.82) is 0 Å². The number of rotatable bonds is 8. The number of phenolic OH excluding ortho intramolecular Hbond substituents is 1. The minimum atomic E-state index is -1.21. The number of nitrogens with zero attached hydrogens (tertiary/aromatic N) is 1. The third-order valence-corrected chi connectivity index (χ3v) is 3.69. The molecule has 3 N–H and O–H groups in total. The lowest BCUT2D eigenvalue weighted by molar-refractivity contribution is -0.138. The molecule has 0 radical (unpaired) electrons. The molecule has 9 heteroatoms. The van der Waals surface area contributed by atoms with E-state index in [1.165, 1.54) is 25.1 Å². The van der Waals surface area contributed by atoms with Gasteiger partial charge in [0.2, 0.25) is 11.8 Å². The van der Waals surface area contributed by atoms with Gasteiger partial charge in [-0.05, 0) is 31.0 Å². The number of anilines is 1. The summed E-state index contributed by atoms with van der Waals surface area (Å²) in [4.78, 5) is 48.6. The van der Waals surface area contributed by atoms with Crippen LogP contribution in [-0.4, -0.2) is 53.2 Å². The Morgan fingerprint density at radius 1 is 1.22 bits per heavy atom. The Bertz CT molecular complexity index is 730. The van der Waals surface area contributed by atoms with Crippen LogP contribution in [0.25, 0.3) is 0 Å². The van der Waals surface area contributed by atoms with Crippen molar-refractivity contribution < 1.29 is 34.1 Å². The molecule has 2 amide bonds. The average molecular weight is 380 g/mol. The second-order valence-corrected chi connectivity index (χ2v) is 6.11. The Labute approximate surface area is 156 Å². The first-order valence-corrected chi connectivity index (χ1v) is 8.39. The fourth-order valence-electron chi connectivity index (χ4n) is 2.57. The molecule has 0 saturated carbocycles. The van der Waals surface area contributed by atoms with Gasteiger partial charge in [-0.2, -0.15) is 0 Å². The Hall–Kier alpha value is -3.10. The van der Waals surface area contributed by atoms with Gasteiger partial charge in [0, 0.05) is 12.6 Å². The van der Waals surface area contributed by atoms with Gasteiger partial charge in [0.05, 0.1) is 6.61 Å². The van der Waals surface area contributed by atoms with Crippen LogP contribution >= 0.6 is 0 Å². The standard InChI is InChI=1S/C18H24N2O7/c1-5-27-18(26)13-8-12(6-7-14(13)22)20(11(4)21)16(10(2)3)17(25)19-9-15(23)24/h6-8,10,16,22H,5,9H2,1-4H3,(H,19,25)(H,23,24). The molecule has 0 saturated heterocycles. The zero-order valence-electron chi connectivity index (χ0n) is 15.7. The number of ether oxygens (including phenoxy) is 1. The van der Waals surface area contributed by atoms with Crippen LogP contribution in [0, 0.1) is 5.92 Å². The van der Waals surface area contributed by atoms with Crippen LogP contribution in [0.3, 0.4) is 0 Å². The molecular formula is C18H24N2O7. The van der Waals surface area contributed by atoms with E-state index in [0.29, 0.717) is 0 Å². The number of benzene rings is 1. The lowest BCUT2D eigenvalue weighted by Gasteiger charge is -2.33. The number of nitrogens with one attached hydrogen (secondary N) is 1. The minimum absolute atomic E-state index is 0.102. The summed E-state index contributed by atoms with van der Waals surface area (Å²) in [5.41, 5.74) is 0.0570. The third-order valence-electron chi connectivity index (χ3n) is 3.69. The van der Waals surface area contributed by atoms with Crippen LogP contribution < -0.4 is 10.2 Å². The third kappa shape index (κ3) is 5.70. The summed E-state index contributed by atoms with van der Waals surface area (Å²) >= 11 is 0. The smallest absolute Gasteiger partial charge is 0.341 e. The van der Waals surface area contributed by atoms with Crippen molar-refractivity contribution in [2.75, 3.05) is 18.1 Å². The number of esters is 1. The normalized spacial score (nSPS) is 11.6. The second-order valence-electron chi connectivity index (χ2n) is 6.11. The highest BCUT2D eigenvalue weighted by Crippen LogP contribution is 2.28. The molecule has 1 unspecified atom stereocenters. The molecule has 9 nitrogen and oxygen atoms in total. The molecule has 1 rings (SSSR count). The summed E-state index contributed by atoms with van der Waals surface area (Å²) in [7, 11) is 0. The van der Waals surface area contributed by atoms with Gasteiger partial charge in [-0.1, -0.05) is 13.8 Å². The minimum Gasteiger partial charge on any atom is -0.507 e. The summed E-state index contributed by atoms with van der Waals surface area (Å²) in [6.07, 6.45) is 0. The number of carboxylic acid groups (broad SMARTS) is 1. The highest BCUT2D eigenvalue weighted by molar-refractivity contribution is 6.02. The van der Waals surface area contributed by atoms with E-state index < -0.39 is 36.3 Å². The molecule has 0 aliphatic heterocycles. The number of phenols is 1. The first-order chi connectivity index (χ1) is 12.6. The first kappa shape index (κ1) is 21.9. The fourth-order valence-corrected chi connectivity index (χ4v) is 2.57. The van der Waals surface area contributed by atoms with Gasteiger partial charge < -0.3 is 20.3 Å². The molecule has 0 heterocycles. The van der Waals surface area contributed by atoms with E-state index in [1.807, 2.05) is 0 Å². The number of hydrogen-bond acceptors (Lipinski definition) is 6. The molecule has 1 aromatic rings. The lowest BCUT2D eigenvalue weighted by atomic mass is 9.99. The maximum atomic E-state index is 12.5. The van der Waals surface area contributed by atoms with Crippen molar-refractivity contribution in [1.82, 2.24) is 5.32 Å². The predicted molar refractivity (Wildman–Crippen MR) is 96.5 cm³/mol. The van der Waals surface area contributed by atoms with Crippen LogP contribution in [0.4, 0.5) is 5.69 Å². The number of carboxylic acids is 1. The molecule has 0 aliphatic rings. The molecule has 0 aliphatic carbocycles. The van der Waals surface area contributed by atoms with Crippen molar-refractivity contribution in [3.05, 3.63) is 23.8 Å². The summed E-state index contributed by atoms with van der Waals surface area (Å²) in [6.45, 7) is 5.78. The van der Waals surface area contributed by atoms with Crippen LogP contribution in [-0.2, 0) is 19.1 Å². The quantitative estimate of drug-likeness (QED) is 0.576. The van der Waals surface area contributed by atoms with Crippen molar-refractivity contribution in [2.24, 2.45) is 5.92 Å². The van der Waals surface area contributed by atoms with Gasteiger partial charge in [0.15, 0.2) is 0 Å². The maximum Gasteiger partial charge on any atom is 0.341 e. The average Bonchev–Trinajstić information content (AvgIpc) is 2.57. The Morgan fingerprint density at radius 2 is 1.85 bits per heavy atom. The summed E-state index contributed by atoms with van der Waals surface area (Å²) in [5, 5.41) is 20.9. The number of hydrogen-bond donors (Lipinski definition) is 3. The van der Waals surface area contributed by atoms with E-state index >= 15 is 0 Å². The van der Waals surface area contributed by atoms with Gasteiger partial charge in [0.1, 0.15) is 23.9 Å². The maximum absolute atomic E-state index is 12.5. The predicted octanol–water partition coefficient (Wildman–Crippen LogP) is 1.15. The summed E-state index contributed by atoms with van der Waals surface area (Å²) in [6, 6.07) is 2.86. The fraction of sp³-hybridized carbons (Fsp3) is 0.444. The van der Waals surface area contributed by atoms with E-state index in [2.05, 4.69) is 5.32 Å². The number of aromatic hydroxyl groups is 1. The number of carbonyl (C=O) groups is 4. The van der Waals surface area contributed by atoms with E-state index in [-0.39, 0.29) is 29.5 Å². The van der Waals surface area contributed by atoms with E-state index in [1.54, 1.807) is 20.8 Å². The monoisotopic (exact) mass is 380 g/mol. The van der Waals surface area contributed by atoms with Gasteiger partial charge in [-0.25, -0.2) is 4.79 Å². The highest BCUT2D eigenvalue weighted by atomic mass is 16.5. The van der Waals surface area contributed by atoms with E-state index in [0.717, 1.165) is 4.90 Å². The number of carbonyl (C=O) groups excluding carboxylic acids is 3. The molecule has 1 aromatic carbocycles. The topological polar surface area (TPSA) is 133 Å². The lowest BCUT2D eigenvalue weighted by Crippen LogP contribution is -2.52. The number of amides is 2.